The molecule has 0 aromatic carbocycles. The van der Waals surface area contributed by atoms with Crippen molar-refractivity contribution in [2.75, 3.05) is 18.6 Å². The summed E-state index contributed by atoms with van der Waals surface area (Å²) in [6.07, 6.45) is 2.91. The summed E-state index contributed by atoms with van der Waals surface area (Å²) in [5.74, 6) is 1.04. The lowest BCUT2D eigenvalue weighted by molar-refractivity contribution is 0.270. The number of hydrogen-bond acceptors (Lipinski definition) is 5. The van der Waals surface area contributed by atoms with Crippen LogP contribution in [0.25, 0.3) is 0 Å². The van der Waals surface area contributed by atoms with Gasteiger partial charge in [-0.05, 0) is 26.5 Å². The first-order valence-electron chi connectivity index (χ1n) is 5.43. The van der Waals surface area contributed by atoms with E-state index in [1.807, 2.05) is 18.7 Å². The van der Waals surface area contributed by atoms with Gasteiger partial charge in [0.15, 0.2) is 0 Å². The Hall–Kier alpha value is -0.100. The van der Waals surface area contributed by atoms with Gasteiger partial charge < -0.3 is 10.4 Å². The Morgan fingerprint density at radius 1 is 1.50 bits per heavy atom. The fourth-order valence-electron chi connectivity index (χ4n) is 1.58. The van der Waals surface area contributed by atoms with Crippen molar-refractivity contribution in [2.24, 2.45) is 0 Å². The normalized spacial score (nSPS) is 13.0. The Morgan fingerprint density at radius 3 is 2.75 bits per heavy atom. The van der Waals surface area contributed by atoms with E-state index < -0.39 is 0 Å². The molecule has 1 rings (SSSR count). The molecule has 1 aromatic rings. The summed E-state index contributed by atoms with van der Waals surface area (Å²) in [5, 5.41) is 13.6. The Labute approximate surface area is 106 Å². The largest absolute Gasteiger partial charge is 0.396 e. The third-order valence-electron chi connectivity index (χ3n) is 2.40. The van der Waals surface area contributed by atoms with Crippen molar-refractivity contribution in [3.8, 4) is 0 Å². The number of thioether (sulfide) groups is 1. The molecule has 0 spiro atoms. The molecule has 1 heterocycles. The van der Waals surface area contributed by atoms with E-state index in [0.29, 0.717) is 6.04 Å². The summed E-state index contributed by atoms with van der Waals surface area (Å²) < 4.78 is 0. The van der Waals surface area contributed by atoms with Gasteiger partial charge in [-0.1, -0.05) is 0 Å². The van der Waals surface area contributed by atoms with Crippen LogP contribution in [0, 0.1) is 13.8 Å². The highest BCUT2D eigenvalue weighted by molar-refractivity contribution is 7.98. The molecule has 1 aromatic heterocycles. The van der Waals surface area contributed by atoms with Crippen molar-refractivity contribution >= 4 is 23.1 Å². The number of aromatic nitrogens is 1. The zero-order valence-corrected chi connectivity index (χ0v) is 11.7. The number of aliphatic hydroxyl groups is 1. The van der Waals surface area contributed by atoms with Crippen LogP contribution in [0.4, 0.5) is 0 Å². The summed E-state index contributed by atoms with van der Waals surface area (Å²) in [4.78, 5) is 5.71. The third kappa shape index (κ3) is 4.41. The lowest BCUT2D eigenvalue weighted by Crippen LogP contribution is -2.31. The van der Waals surface area contributed by atoms with E-state index in [-0.39, 0.29) is 6.61 Å². The maximum Gasteiger partial charge on any atom is 0.0900 e. The highest BCUT2D eigenvalue weighted by atomic mass is 32.2. The molecule has 0 aliphatic heterocycles. The molecule has 1 unspecified atom stereocenters. The van der Waals surface area contributed by atoms with Crippen LogP contribution in [-0.2, 0) is 6.54 Å². The monoisotopic (exact) mass is 260 g/mol. The van der Waals surface area contributed by atoms with Crippen molar-refractivity contribution in [2.45, 2.75) is 32.9 Å². The SMILES string of the molecule is CSCC(CCO)NCc1sc(C)nc1C. The van der Waals surface area contributed by atoms with Gasteiger partial charge in [0, 0.05) is 29.8 Å². The Morgan fingerprint density at radius 2 is 2.25 bits per heavy atom. The molecular weight excluding hydrogens is 240 g/mol. The van der Waals surface area contributed by atoms with Gasteiger partial charge in [-0.25, -0.2) is 4.98 Å². The van der Waals surface area contributed by atoms with E-state index in [2.05, 4.69) is 23.5 Å². The fraction of sp³-hybridized carbons (Fsp3) is 0.727. The maximum atomic E-state index is 8.96. The lowest BCUT2D eigenvalue weighted by Gasteiger charge is -2.16. The smallest absolute Gasteiger partial charge is 0.0900 e. The van der Waals surface area contributed by atoms with Crippen LogP contribution in [0.3, 0.4) is 0 Å². The molecule has 0 saturated carbocycles. The Kier molecular flexibility index (Phi) is 6.34. The number of thiazole rings is 1. The van der Waals surface area contributed by atoms with E-state index in [0.717, 1.165) is 29.4 Å². The first-order chi connectivity index (χ1) is 7.67. The molecule has 0 aliphatic carbocycles. The summed E-state index contributed by atoms with van der Waals surface area (Å²) in [6.45, 7) is 5.20. The van der Waals surface area contributed by atoms with Gasteiger partial charge in [-0.3, -0.25) is 0 Å². The number of aryl methyl sites for hydroxylation is 2. The van der Waals surface area contributed by atoms with Gasteiger partial charge in [0.2, 0.25) is 0 Å². The third-order valence-corrected chi connectivity index (χ3v) is 4.20. The molecule has 3 nitrogen and oxygen atoms in total. The molecule has 0 radical (unpaired) electrons. The average Bonchev–Trinajstić information content (AvgIpc) is 2.54. The Bertz CT molecular complexity index is 309. The lowest BCUT2D eigenvalue weighted by atomic mass is 10.2. The van der Waals surface area contributed by atoms with Crippen molar-refractivity contribution in [1.82, 2.24) is 10.3 Å². The molecule has 0 amide bonds. The van der Waals surface area contributed by atoms with Crippen LogP contribution >= 0.6 is 23.1 Å². The van der Waals surface area contributed by atoms with Crippen molar-refractivity contribution in [3.05, 3.63) is 15.6 Å². The zero-order valence-electron chi connectivity index (χ0n) is 10.1. The van der Waals surface area contributed by atoms with Crippen LogP contribution in [-0.4, -0.2) is 34.7 Å². The maximum absolute atomic E-state index is 8.96. The highest BCUT2D eigenvalue weighted by Gasteiger charge is 2.09. The second-order valence-electron chi connectivity index (χ2n) is 3.79. The van der Waals surface area contributed by atoms with Gasteiger partial charge in [0.05, 0.1) is 10.7 Å². The van der Waals surface area contributed by atoms with E-state index in [1.165, 1.54) is 4.88 Å². The summed E-state index contributed by atoms with van der Waals surface area (Å²) in [5.41, 5.74) is 1.13. The minimum Gasteiger partial charge on any atom is -0.396 e. The van der Waals surface area contributed by atoms with E-state index >= 15 is 0 Å². The van der Waals surface area contributed by atoms with Crippen LogP contribution in [0.5, 0.6) is 0 Å². The molecule has 2 N–H and O–H groups in total. The fourth-order valence-corrected chi connectivity index (χ4v) is 3.15. The number of aliphatic hydroxyl groups excluding tert-OH is 1. The minimum absolute atomic E-state index is 0.249. The molecule has 5 heteroatoms. The second kappa shape index (κ2) is 7.27. The van der Waals surface area contributed by atoms with Crippen molar-refractivity contribution in [3.63, 3.8) is 0 Å². The predicted octanol–water partition coefficient (Wildman–Crippen LogP) is 1.96. The summed E-state index contributed by atoms with van der Waals surface area (Å²) >= 11 is 3.56. The molecule has 16 heavy (non-hydrogen) atoms. The highest BCUT2D eigenvalue weighted by Crippen LogP contribution is 2.17. The van der Waals surface area contributed by atoms with Crippen molar-refractivity contribution in [1.29, 1.82) is 0 Å². The van der Waals surface area contributed by atoms with Gasteiger partial charge in [-0.15, -0.1) is 11.3 Å². The van der Waals surface area contributed by atoms with Crippen molar-refractivity contribution < 1.29 is 5.11 Å². The second-order valence-corrected chi connectivity index (χ2v) is 5.99. The molecule has 0 saturated heterocycles. The van der Waals surface area contributed by atoms with Gasteiger partial charge >= 0.3 is 0 Å². The predicted molar refractivity (Wildman–Crippen MR) is 72.3 cm³/mol. The average molecular weight is 260 g/mol. The minimum atomic E-state index is 0.249. The molecule has 92 valence electrons. The number of rotatable bonds is 7. The van der Waals surface area contributed by atoms with Gasteiger partial charge in [0.25, 0.3) is 0 Å². The molecule has 0 bridgehead atoms. The quantitative estimate of drug-likeness (QED) is 0.787. The zero-order chi connectivity index (χ0) is 12.0. The van der Waals surface area contributed by atoms with Crippen LogP contribution in [0.1, 0.15) is 22.0 Å². The standard InChI is InChI=1S/C11H20N2OS2/c1-8-11(16-9(2)13-8)6-12-10(4-5-14)7-15-3/h10,12,14H,4-7H2,1-3H3. The molecule has 1 atom stereocenters. The molecule has 0 fully saturated rings. The Balaban J connectivity index is 2.44. The number of nitrogens with zero attached hydrogens (tertiary/aromatic N) is 1. The number of hydrogen-bond donors (Lipinski definition) is 2. The molecular formula is C11H20N2OS2. The summed E-state index contributed by atoms with van der Waals surface area (Å²) in [7, 11) is 0. The first kappa shape index (κ1) is 14.0. The van der Waals surface area contributed by atoms with Gasteiger partial charge in [0.1, 0.15) is 0 Å². The first-order valence-corrected chi connectivity index (χ1v) is 7.64. The van der Waals surface area contributed by atoms with E-state index in [1.54, 1.807) is 11.3 Å². The van der Waals surface area contributed by atoms with Crippen LogP contribution in [0.2, 0.25) is 0 Å². The van der Waals surface area contributed by atoms with E-state index in [4.69, 9.17) is 5.11 Å². The van der Waals surface area contributed by atoms with E-state index in [9.17, 15) is 0 Å². The van der Waals surface area contributed by atoms with Crippen LogP contribution < -0.4 is 5.32 Å². The number of nitrogens with one attached hydrogen (secondary N) is 1. The molecule has 0 aliphatic rings. The topological polar surface area (TPSA) is 45.1 Å². The summed E-state index contributed by atoms with van der Waals surface area (Å²) in [6, 6.07) is 0.391. The van der Waals surface area contributed by atoms with Gasteiger partial charge in [-0.2, -0.15) is 11.8 Å². The van der Waals surface area contributed by atoms with Crippen LogP contribution in [0.15, 0.2) is 0 Å².